The molecular weight excluding hydrogens is 248 g/mol. The van der Waals surface area contributed by atoms with E-state index in [4.69, 9.17) is 5.73 Å². The lowest BCUT2D eigenvalue weighted by Crippen LogP contribution is -2.36. The van der Waals surface area contributed by atoms with E-state index in [0.717, 1.165) is 32.2 Å². The molecule has 3 N–H and O–H groups in total. The monoisotopic (exact) mass is 274 g/mol. The van der Waals surface area contributed by atoms with Gasteiger partial charge in [-0.2, -0.15) is 0 Å². The Morgan fingerprint density at radius 1 is 1.30 bits per heavy atom. The van der Waals surface area contributed by atoms with Crippen molar-refractivity contribution in [3.05, 3.63) is 34.9 Å². The number of hydrogen-bond donors (Lipinski definition) is 2. The summed E-state index contributed by atoms with van der Waals surface area (Å²) in [5.41, 5.74) is 9.71. The number of benzene rings is 1. The van der Waals surface area contributed by atoms with E-state index in [1.807, 2.05) is 0 Å². The zero-order valence-corrected chi connectivity index (χ0v) is 12.6. The molecule has 0 aromatic heterocycles. The van der Waals surface area contributed by atoms with Crippen LogP contribution >= 0.6 is 0 Å². The molecule has 1 aromatic rings. The van der Waals surface area contributed by atoms with Crippen LogP contribution in [-0.4, -0.2) is 19.0 Å². The first-order chi connectivity index (χ1) is 9.63. The Kier molecular flexibility index (Phi) is 5.18. The molecule has 1 aliphatic carbocycles. The SMILES string of the molecule is Cc1cccc(C)c1CCNC(=O)[C@@H]1CCC[C@@H]1CN. The lowest BCUT2D eigenvalue weighted by Gasteiger charge is -2.18. The highest BCUT2D eigenvalue weighted by atomic mass is 16.1. The van der Waals surface area contributed by atoms with Gasteiger partial charge in [0.15, 0.2) is 0 Å². The lowest BCUT2D eigenvalue weighted by atomic mass is 9.95. The Morgan fingerprint density at radius 2 is 2.00 bits per heavy atom. The van der Waals surface area contributed by atoms with E-state index in [1.165, 1.54) is 16.7 Å². The van der Waals surface area contributed by atoms with E-state index < -0.39 is 0 Å². The van der Waals surface area contributed by atoms with Gasteiger partial charge in [-0.25, -0.2) is 0 Å². The van der Waals surface area contributed by atoms with E-state index >= 15 is 0 Å². The molecular formula is C17H26N2O. The van der Waals surface area contributed by atoms with Crippen LogP contribution < -0.4 is 11.1 Å². The smallest absolute Gasteiger partial charge is 0.223 e. The number of nitrogens with two attached hydrogens (primary N) is 1. The van der Waals surface area contributed by atoms with Crippen molar-refractivity contribution in [3.8, 4) is 0 Å². The average Bonchev–Trinajstić information content (AvgIpc) is 2.90. The van der Waals surface area contributed by atoms with Crippen LogP contribution in [-0.2, 0) is 11.2 Å². The molecule has 2 atom stereocenters. The van der Waals surface area contributed by atoms with Gasteiger partial charge >= 0.3 is 0 Å². The predicted molar refractivity (Wildman–Crippen MR) is 82.5 cm³/mol. The molecule has 0 spiro atoms. The number of amides is 1. The Hall–Kier alpha value is -1.35. The van der Waals surface area contributed by atoms with E-state index in [-0.39, 0.29) is 11.8 Å². The molecule has 1 amide bonds. The summed E-state index contributed by atoms with van der Waals surface area (Å²) < 4.78 is 0. The minimum atomic E-state index is 0.137. The second kappa shape index (κ2) is 6.89. The van der Waals surface area contributed by atoms with Crippen LogP contribution in [0.25, 0.3) is 0 Å². The number of carbonyl (C=O) groups excluding carboxylic acids is 1. The molecule has 2 rings (SSSR count). The second-order valence-electron chi connectivity index (χ2n) is 5.94. The molecule has 0 aliphatic heterocycles. The Morgan fingerprint density at radius 3 is 2.65 bits per heavy atom. The molecule has 20 heavy (non-hydrogen) atoms. The highest BCUT2D eigenvalue weighted by Gasteiger charge is 2.31. The molecule has 1 saturated carbocycles. The van der Waals surface area contributed by atoms with Gasteiger partial charge in [-0.1, -0.05) is 24.6 Å². The summed E-state index contributed by atoms with van der Waals surface area (Å²) in [6.07, 6.45) is 4.14. The summed E-state index contributed by atoms with van der Waals surface area (Å²) in [6, 6.07) is 6.34. The van der Waals surface area contributed by atoms with Gasteiger partial charge in [-0.15, -0.1) is 0 Å². The highest BCUT2D eigenvalue weighted by molar-refractivity contribution is 5.79. The minimum absolute atomic E-state index is 0.137. The van der Waals surface area contributed by atoms with Crippen molar-refractivity contribution >= 4 is 5.91 Å². The maximum atomic E-state index is 12.2. The van der Waals surface area contributed by atoms with Gasteiger partial charge in [0.1, 0.15) is 0 Å². The van der Waals surface area contributed by atoms with Crippen molar-refractivity contribution in [2.45, 2.75) is 39.5 Å². The third-order valence-corrected chi connectivity index (χ3v) is 4.62. The van der Waals surface area contributed by atoms with Gasteiger partial charge in [0.25, 0.3) is 0 Å². The molecule has 110 valence electrons. The maximum absolute atomic E-state index is 12.2. The number of nitrogens with one attached hydrogen (secondary N) is 1. The second-order valence-corrected chi connectivity index (χ2v) is 5.94. The van der Waals surface area contributed by atoms with Gasteiger partial charge in [0.05, 0.1) is 0 Å². The van der Waals surface area contributed by atoms with Gasteiger partial charge in [-0.05, 0) is 62.3 Å². The van der Waals surface area contributed by atoms with Crippen molar-refractivity contribution in [2.24, 2.45) is 17.6 Å². The van der Waals surface area contributed by atoms with E-state index in [0.29, 0.717) is 12.5 Å². The summed E-state index contributed by atoms with van der Waals surface area (Å²) in [4.78, 5) is 12.2. The zero-order valence-electron chi connectivity index (χ0n) is 12.6. The van der Waals surface area contributed by atoms with Crippen LogP contribution in [0.4, 0.5) is 0 Å². The first-order valence-corrected chi connectivity index (χ1v) is 7.66. The van der Waals surface area contributed by atoms with Crippen LogP contribution in [0.5, 0.6) is 0 Å². The van der Waals surface area contributed by atoms with Crippen LogP contribution in [0.15, 0.2) is 18.2 Å². The molecule has 3 nitrogen and oxygen atoms in total. The van der Waals surface area contributed by atoms with E-state index in [9.17, 15) is 4.79 Å². The lowest BCUT2D eigenvalue weighted by molar-refractivity contribution is -0.125. The summed E-state index contributed by atoms with van der Waals surface area (Å²) in [5, 5.41) is 3.10. The van der Waals surface area contributed by atoms with Crippen molar-refractivity contribution in [2.75, 3.05) is 13.1 Å². The standard InChI is InChI=1S/C17H26N2O/c1-12-5-3-6-13(2)15(12)9-10-19-17(20)16-8-4-7-14(16)11-18/h3,5-6,14,16H,4,7-11,18H2,1-2H3,(H,19,20)/t14-,16-/m1/s1. The fourth-order valence-corrected chi connectivity index (χ4v) is 3.35. The van der Waals surface area contributed by atoms with Gasteiger partial charge in [0.2, 0.25) is 5.91 Å². The molecule has 0 radical (unpaired) electrons. The average molecular weight is 274 g/mol. The molecule has 0 bridgehead atoms. The van der Waals surface area contributed by atoms with Gasteiger partial charge in [0, 0.05) is 12.5 Å². The molecule has 3 heteroatoms. The predicted octanol–water partition coefficient (Wildman–Crippen LogP) is 2.34. The van der Waals surface area contributed by atoms with Crippen LogP contribution in [0.1, 0.15) is 36.0 Å². The summed E-state index contributed by atoms with van der Waals surface area (Å²) in [7, 11) is 0. The molecule has 1 aromatic carbocycles. The van der Waals surface area contributed by atoms with Crippen molar-refractivity contribution < 1.29 is 4.79 Å². The summed E-state index contributed by atoms with van der Waals surface area (Å²) in [5.74, 6) is 0.720. The fourth-order valence-electron chi connectivity index (χ4n) is 3.35. The number of hydrogen-bond acceptors (Lipinski definition) is 2. The third kappa shape index (κ3) is 3.40. The highest BCUT2D eigenvalue weighted by Crippen LogP contribution is 2.30. The number of rotatable bonds is 5. The Bertz CT molecular complexity index is 450. The largest absolute Gasteiger partial charge is 0.356 e. The van der Waals surface area contributed by atoms with Gasteiger partial charge in [-0.3, -0.25) is 4.79 Å². The number of aryl methyl sites for hydroxylation is 2. The minimum Gasteiger partial charge on any atom is -0.356 e. The maximum Gasteiger partial charge on any atom is 0.223 e. The van der Waals surface area contributed by atoms with Gasteiger partial charge < -0.3 is 11.1 Å². The molecule has 0 heterocycles. The summed E-state index contributed by atoms with van der Waals surface area (Å²) in [6.45, 7) is 5.62. The zero-order chi connectivity index (χ0) is 14.5. The topological polar surface area (TPSA) is 55.1 Å². The first kappa shape index (κ1) is 15.0. The van der Waals surface area contributed by atoms with E-state index in [2.05, 4.69) is 37.4 Å². The normalized spacial score (nSPS) is 21.9. The fraction of sp³-hybridized carbons (Fsp3) is 0.588. The summed E-state index contributed by atoms with van der Waals surface area (Å²) >= 11 is 0. The molecule has 1 aliphatic rings. The van der Waals surface area contributed by atoms with Crippen LogP contribution in [0, 0.1) is 25.7 Å². The number of carbonyl (C=O) groups is 1. The molecule has 0 saturated heterocycles. The third-order valence-electron chi connectivity index (χ3n) is 4.62. The first-order valence-electron chi connectivity index (χ1n) is 7.66. The Balaban J connectivity index is 1.85. The molecule has 1 fully saturated rings. The van der Waals surface area contributed by atoms with Crippen LogP contribution in [0.2, 0.25) is 0 Å². The van der Waals surface area contributed by atoms with Crippen molar-refractivity contribution in [1.29, 1.82) is 0 Å². The van der Waals surface area contributed by atoms with Crippen molar-refractivity contribution in [1.82, 2.24) is 5.32 Å². The Labute approximate surface area is 121 Å². The van der Waals surface area contributed by atoms with Crippen molar-refractivity contribution in [3.63, 3.8) is 0 Å². The van der Waals surface area contributed by atoms with Crippen LogP contribution in [0.3, 0.4) is 0 Å². The van der Waals surface area contributed by atoms with E-state index in [1.54, 1.807) is 0 Å². The quantitative estimate of drug-likeness (QED) is 0.866. The molecule has 0 unspecified atom stereocenters.